The number of benzene rings is 2. The van der Waals surface area contributed by atoms with Crippen LogP contribution < -0.4 is 24.3 Å². The maximum absolute atomic E-state index is 12.7. The van der Waals surface area contributed by atoms with Crippen molar-refractivity contribution < 1.29 is 23.7 Å². The van der Waals surface area contributed by atoms with Crippen LogP contribution in [0.25, 0.3) is 0 Å². The summed E-state index contributed by atoms with van der Waals surface area (Å²) in [5, 5.41) is 2.85. The summed E-state index contributed by atoms with van der Waals surface area (Å²) in [6, 6.07) is 8.63. The monoisotopic (exact) mass is 471 g/mol. The molecule has 6 nitrogen and oxygen atoms in total. The van der Waals surface area contributed by atoms with E-state index < -0.39 is 0 Å². The minimum absolute atomic E-state index is 0.272. The zero-order valence-electron chi connectivity index (χ0n) is 15.2. The van der Waals surface area contributed by atoms with Crippen LogP contribution in [-0.2, 0) is 0 Å². The normalized spacial score (nSPS) is 10.2. The number of nitrogens with one attached hydrogen (secondary N) is 1. The van der Waals surface area contributed by atoms with E-state index in [1.54, 1.807) is 44.6 Å². The predicted molar refractivity (Wildman–Crippen MR) is 109 cm³/mol. The van der Waals surface area contributed by atoms with Gasteiger partial charge in [0.05, 0.1) is 37.2 Å². The molecule has 0 spiro atoms. The largest absolute Gasteiger partial charge is 0.497 e. The Morgan fingerprint density at radius 1 is 1.04 bits per heavy atom. The molecule has 0 saturated carbocycles. The second-order valence-corrected chi connectivity index (χ2v) is 6.52. The van der Waals surface area contributed by atoms with Gasteiger partial charge in [0.2, 0.25) is 0 Å². The number of hydrogen-bond donors (Lipinski definition) is 1. The standard InChI is InChI=1S/C19H22INO5/c1-5-8-26-18-14(20)9-12(10-17(18)25-4)19(22)21-15-7-6-13(23-2)11-16(15)24-3/h6-7,9-11H,5,8H2,1-4H3,(H,21,22). The lowest BCUT2D eigenvalue weighted by Crippen LogP contribution is -2.13. The van der Waals surface area contributed by atoms with Gasteiger partial charge in [-0.15, -0.1) is 0 Å². The van der Waals surface area contributed by atoms with E-state index in [-0.39, 0.29) is 5.91 Å². The minimum Gasteiger partial charge on any atom is -0.497 e. The first-order chi connectivity index (χ1) is 12.5. The van der Waals surface area contributed by atoms with E-state index in [2.05, 4.69) is 27.9 Å². The fourth-order valence-electron chi connectivity index (χ4n) is 2.29. The van der Waals surface area contributed by atoms with E-state index in [1.807, 2.05) is 6.92 Å². The number of halogens is 1. The van der Waals surface area contributed by atoms with Crippen LogP contribution in [-0.4, -0.2) is 33.8 Å². The second-order valence-electron chi connectivity index (χ2n) is 5.36. The van der Waals surface area contributed by atoms with E-state index in [9.17, 15) is 4.79 Å². The Labute approximate surface area is 166 Å². The van der Waals surface area contributed by atoms with Crippen LogP contribution in [0.4, 0.5) is 5.69 Å². The van der Waals surface area contributed by atoms with Crippen molar-refractivity contribution >= 4 is 34.2 Å². The summed E-state index contributed by atoms with van der Waals surface area (Å²) in [6.45, 7) is 2.62. The van der Waals surface area contributed by atoms with E-state index in [0.717, 1.165) is 9.99 Å². The number of rotatable bonds is 8. The van der Waals surface area contributed by atoms with E-state index in [4.69, 9.17) is 18.9 Å². The lowest BCUT2D eigenvalue weighted by Gasteiger charge is -2.15. The number of methoxy groups -OCH3 is 3. The highest BCUT2D eigenvalue weighted by Gasteiger charge is 2.17. The summed E-state index contributed by atoms with van der Waals surface area (Å²) in [4.78, 5) is 12.7. The lowest BCUT2D eigenvalue weighted by atomic mass is 10.1. The maximum Gasteiger partial charge on any atom is 0.255 e. The Bertz CT molecular complexity index is 779. The van der Waals surface area contributed by atoms with E-state index in [0.29, 0.717) is 40.9 Å². The zero-order chi connectivity index (χ0) is 19.1. The molecule has 0 aliphatic heterocycles. The number of ether oxygens (including phenoxy) is 4. The van der Waals surface area contributed by atoms with Gasteiger partial charge >= 0.3 is 0 Å². The Morgan fingerprint density at radius 2 is 1.77 bits per heavy atom. The summed E-state index contributed by atoms with van der Waals surface area (Å²) >= 11 is 2.14. The van der Waals surface area contributed by atoms with E-state index in [1.165, 1.54) is 7.11 Å². The zero-order valence-corrected chi connectivity index (χ0v) is 17.4. The molecule has 0 bridgehead atoms. The highest BCUT2D eigenvalue weighted by atomic mass is 127. The first kappa shape index (κ1) is 20.2. The highest BCUT2D eigenvalue weighted by Crippen LogP contribution is 2.35. The molecule has 1 amide bonds. The van der Waals surface area contributed by atoms with Crippen LogP contribution >= 0.6 is 22.6 Å². The summed E-state index contributed by atoms with van der Waals surface area (Å²) in [7, 11) is 4.66. The third-order valence-corrected chi connectivity index (χ3v) is 4.40. The molecule has 140 valence electrons. The van der Waals surface area contributed by atoms with Gasteiger partial charge in [0.25, 0.3) is 5.91 Å². The average Bonchev–Trinajstić information content (AvgIpc) is 2.66. The number of carbonyl (C=O) groups is 1. The highest BCUT2D eigenvalue weighted by molar-refractivity contribution is 14.1. The van der Waals surface area contributed by atoms with Crippen molar-refractivity contribution in [1.82, 2.24) is 0 Å². The van der Waals surface area contributed by atoms with Crippen LogP contribution in [0.15, 0.2) is 30.3 Å². The molecule has 2 rings (SSSR count). The molecule has 0 aliphatic carbocycles. The summed E-state index contributed by atoms with van der Waals surface area (Å²) in [5.74, 6) is 2.06. The predicted octanol–water partition coefficient (Wildman–Crippen LogP) is 4.36. The maximum atomic E-state index is 12.7. The SMILES string of the molecule is CCCOc1c(I)cc(C(=O)Nc2ccc(OC)cc2OC)cc1OC. The molecule has 0 aliphatic rings. The van der Waals surface area contributed by atoms with Gasteiger partial charge in [0.1, 0.15) is 11.5 Å². The molecule has 0 unspecified atom stereocenters. The van der Waals surface area contributed by atoms with Crippen LogP contribution in [0.5, 0.6) is 23.0 Å². The van der Waals surface area contributed by atoms with Gasteiger partial charge in [-0.2, -0.15) is 0 Å². The molecule has 26 heavy (non-hydrogen) atoms. The molecule has 1 N–H and O–H groups in total. The molecular formula is C19H22INO5. The van der Waals surface area contributed by atoms with Gasteiger partial charge in [0.15, 0.2) is 11.5 Å². The van der Waals surface area contributed by atoms with Crippen LogP contribution in [0.1, 0.15) is 23.7 Å². The Hall–Kier alpha value is -2.16. The molecule has 0 heterocycles. The molecule has 0 radical (unpaired) electrons. The summed E-state index contributed by atoms with van der Waals surface area (Å²) in [5.41, 5.74) is 1.02. The summed E-state index contributed by atoms with van der Waals surface area (Å²) in [6.07, 6.45) is 0.888. The number of anilines is 1. The minimum atomic E-state index is -0.272. The fraction of sp³-hybridized carbons (Fsp3) is 0.316. The van der Waals surface area contributed by atoms with Gasteiger partial charge in [-0.25, -0.2) is 0 Å². The first-order valence-corrected chi connectivity index (χ1v) is 9.15. The molecule has 0 aromatic heterocycles. The number of carbonyl (C=O) groups excluding carboxylic acids is 1. The topological polar surface area (TPSA) is 66.0 Å². The van der Waals surface area contributed by atoms with Gasteiger partial charge in [-0.05, 0) is 53.3 Å². The van der Waals surface area contributed by atoms with Crippen LogP contribution in [0.3, 0.4) is 0 Å². The number of hydrogen-bond acceptors (Lipinski definition) is 5. The van der Waals surface area contributed by atoms with Crippen molar-refractivity contribution in [3.8, 4) is 23.0 Å². The molecule has 0 saturated heterocycles. The van der Waals surface area contributed by atoms with Gasteiger partial charge in [0, 0.05) is 11.6 Å². The second kappa shape index (κ2) is 9.51. The average molecular weight is 471 g/mol. The Kier molecular flexibility index (Phi) is 7.38. The third kappa shape index (κ3) is 4.72. The fourth-order valence-corrected chi connectivity index (χ4v) is 3.05. The first-order valence-electron chi connectivity index (χ1n) is 8.07. The molecule has 0 atom stereocenters. The van der Waals surface area contributed by atoms with Crippen molar-refractivity contribution in [3.05, 3.63) is 39.5 Å². The third-order valence-electron chi connectivity index (χ3n) is 3.60. The van der Waals surface area contributed by atoms with E-state index >= 15 is 0 Å². The van der Waals surface area contributed by atoms with Gasteiger partial charge in [-0.3, -0.25) is 4.79 Å². The van der Waals surface area contributed by atoms with Gasteiger partial charge in [-0.1, -0.05) is 6.92 Å². The molecule has 0 fully saturated rings. The van der Waals surface area contributed by atoms with Crippen molar-refractivity contribution in [2.75, 3.05) is 33.3 Å². The molecule has 2 aromatic rings. The van der Waals surface area contributed by atoms with Crippen LogP contribution in [0.2, 0.25) is 0 Å². The molecule has 2 aromatic carbocycles. The van der Waals surface area contributed by atoms with Crippen molar-refractivity contribution in [1.29, 1.82) is 0 Å². The van der Waals surface area contributed by atoms with Crippen LogP contribution in [0, 0.1) is 3.57 Å². The lowest BCUT2D eigenvalue weighted by molar-refractivity contribution is 0.102. The van der Waals surface area contributed by atoms with Gasteiger partial charge < -0.3 is 24.3 Å². The van der Waals surface area contributed by atoms with Crippen molar-refractivity contribution in [3.63, 3.8) is 0 Å². The summed E-state index contributed by atoms with van der Waals surface area (Å²) < 4.78 is 22.4. The van der Waals surface area contributed by atoms with Crippen molar-refractivity contribution in [2.24, 2.45) is 0 Å². The Balaban J connectivity index is 2.28. The quantitative estimate of drug-likeness (QED) is 0.580. The molecular weight excluding hydrogens is 449 g/mol. The van der Waals surface area contributed by atoms with Crippen molar-refractivity contribution in [2.45, 2.75) is 13.3 Å². The number of amides is 1. The molecule has 7 heteroatoms. The Morgan fingerprint density at radius 3 is 2.38 bits per heavy atom. The smallest absolute Gasteiger partial charge is 0.255 e.